The predicted molar refractivity (Wildman–Crippen MR) is 115 cm³/mol. The Labute approximate surface area is 208 Å². The fourth-order valence-electron chi connectivity index (χ4n) is 3.91. The number of rotatable bonds is 4. The van der Waals surface area contributed by atoms with Crippen LogP contribution in [0.5, 0.6) is 0 Å². The molecule has 2 atom stereocenters. The fraction of sp³-hybridized carbons (Fsp3) is 0.273. The number of alkyl halides is 6. The van der Waals surface area contributed by atoms with E-state index in [0.29, 0.717) is 6.20 Å². The van der Waals surface area contributed by atoms with Crippen molar-refractivity contribution in [1.29, 1.82) is 0 Å². The molecule has 2 aliphatic rings. The zero-order chi connectivity index (χ0) is 27.5. The summed E-state index contributed by atoms with van der Waals surface area (Å²) in [7, 11) is 0. The highest BCUT2D eigenvalue weighted by molar-refractivity contribution is 6.04. The van der Waals surface area contributed by atoms with Gasteiger partial charge in [0.25, 0.3) is 17.4 Å². The van der Waals surface area contributed by atoms with E-state index in [-0.39, 0.29) is 33.0 Å². The van der Waals surface area contributed by atoms with Crippen LogP contribution < -0.4 is 5.01 Å². The number of amides is 1. The topological polar surface area (TPSA) is 128 Å². The van der Waals surface area contributed by atoms with Crippen molar-refractivity contribution in [2.24, 2.45) is 10.2 Å². The summed E-state index contributed by atoms with van der Waals surface area (Å²) in [5, 5.41) is 28.2. The Hall–Kier alpha value is -4.18. The van der Waals surface area contributed by atoms with Crippen molar-refractivity contribution in [1.82, 2.24) is 9.99 Å². The lowest BCUT2D eigenvalue weighted by Gasteiger charge is -2.33. The van der Waals surface area contributed by atoms with Crippen LogP contribution in [0.3, 0.4) is 0 Å². The number of carbonyl (C=O) groups is 1. The number of hydrazone groups is 2. The minimum atomic E-state index is -5.33. The number of anilines is 1. The van der Waals surface area contributed by atoms with Gasteiger partial charge in [0, 0.05) is 6.20 Å². The van der Waals surface area contributed by atoms with E-state index in [2.05, 4.69) is 15.2 Å². The first-order valence-electron chi connectivity index (χ1n) is 10.7. The second-order valence-corrected chi connectivity index (χ2v) is 8.36. The molecule has 3 aromatic heterocycles. The molecule has 0 aliphatic carbocycles. The van der Waals surface area contributed by atoms with Gasteiger partial charge in [-0.1, -0.05) is 0 Å². The number of hydrogen-bond donors (Lipinski definition) is 2. The van der Waals surface area contributed by atoms with Gasteiger partial charge >= 0.3 is 12.4 Å². The number of halogens is 6. The van der Waals surface area contributed by atoms with Gasteiger partial charge in [0.2, 0.25) is 0 Å². The van der Waals surface area contributed by atoms with Crippen molar-refractivity contribution in [3.8, 4) is 0 Å². The van der Waals surface area contributed by atoms with Crippen molar-refractivity contribution in [3.05, 3.63) is 72.2 Å². The third-order valence-corrected chi connectivity index (χ3v) is 5.89. The molecule has 5 rings (SSSR count). The summed E-state index contributed by atoms with van der Waals surface area (Å²) >= 11 is 0. The maximum absolute atomic E-state index is 13.8. The Kier molecular flexibility index (Phi) is 5.64. The van der Waals surface area contributed by atoms with E-state index in [0.717, 1.165) is 18.4 Å². The lowest BCUT2D eigenvalue weighted by molar-refractivity contribution is -0.297. The Balaban J connectivity index is 1.48. The van der Waals surface area contributed by atoms with Gasteiger partial charge in [0.05, 0.1) is 30.9 Å². The average Bonchev–Trinajstić information content (AvgIpc) is 3.63. The van der Waals surface area contributed by atoms with Gasteiger partial charge in [-0.2, -0.15) is 41.6 Å². The van der Waals surface area contributed by atoms with Crippen LogP contribution in [0, 0.1) is 0 Å². The minimum absolute atomic E-state index is 0.0346. The first kappa shape index (κ1) is 25.5. The Morgan fingerprint density at radius 1 is 0.842 bits per heavy atom. The molecule has 0 saturated heterocycles. The second-order valence-electron chi connectivity index (χ2n) is 8.36. The van der Waals surface area contributed by atoms with E-state index >= 15 is 0 Å². The lowest BCUT2D eigenvalue weighted by atomic mass is 10.0. The van der Waals surface area contributed by atoms with Crippen molar-refractivity contribution in [2.45, 2.75) is 36.6 Å². The molecule has 0 saturated carbocycles. The molecule has 0 fully saturated rings. The largest absolute Gasteiger partial charge is 0.463 e. The summed E-state index contributed by atoms with van der Waals surface area (Å²) in [6.45, 7) is 0. The molecular weight excluding hydrogens is 528 g/mol. The molecule has 0 bridgehead atoms. The fourth-order valence-corrected chi connectivity index (χ4v) is 3.91. The summed E-state index contributed by atoms with van der Waals surface area (Å²) in [5.74, 6) is -2.16. The smallest absolute Gasteiger partial charge is 0.438 e. The van der Waals surface area contributed by atoms with Gasteiger partial charge in [-0.3, -0.25) is 4.79 Å². The molecule has 1 amide bonds. The van der Waals surface area contributed by atoms with Crippen LogP contribution in [0.15, 0.2) is 74.2 Å². The zero-order valence-corrected chi connectivity index (χ0v) is 18.7. The SMILES string of the molecule is O=C(c1ccc(N2N=C(c3ccco3)CC2(O)C(F)(F)F)nc1)N1N=C(c2ccco2)CC1(O)C(F)(F)F. The van der Waals surface area contributed by atoms with Gasteiger partial charge in [-0.25, -0.2) is 9.99 Å². The number of hydrogen-bond acceptors (Lipinski definition) is 9. The van der Waals surface area contributed by atoms with Gasteiger partial charge < -0.3 is 19.0 Å². The number of nitrogens with zero attached hydrogens (tertiary/aromatic N) is 5. The van der Waals surface area contributed by atoms with E-state index < -0.39 is 53.9 Å². The maximum Gasteiger partial charge on any atom is 0.438 e. The third-order valence-electron chi connectivity index (χ3n) is 5.89. The summed E-state index contributed by atoms with van der Waals surface area (Å²) in [4.78, 5) is 16.7. The standard InChI is InChI=1S/C22H15F6N5O5/c23-21(24,25)19(35)9-13(15-3-1-7-37-15)30-32(19)17-6-5-12(11-29-17)18(34)33-20(36,22(26,27)28)10-14(31-33)16-4-2-8-38-16/h1-8,11,35-36H,9-10H2. The molecule has 2 aliphatic heterocycles. The van der Waals surface area contributed by atoms with Crippen LogP contribution in [0.4, 0.5) is 32.2 Å². The van der Waals surface area contributed by atoms with E-state index in [1.165, 1.54) is 30.5 Å². The molecule has 10 nitrogen and oxygen atoms in total. The number of aromatic nitrogens is 1. The quantitative estimate of drug-likeness (QED) is 0.481. The third kappa shape index (κ3) is 3.92. The van der Waals surface area contributed by atoms with Gasteiger partial charge in [0.1, 0.15) is 22.9 Å². The molecule has 2 N–H and O–H groups in total. The van der Waals surface area contributed by atoms with Crippen LogP contribution in [0.25, 0.3) is 0 Å². The van der Waals surface area contributed by atoms with Crippen LogP contribution in [-0.2, 0) is 0 Å². The average molecular weight is 543 g/mol. The maximum atomic E-state index is 13.8. The summed E-state index contributed by atoms with van der Waals surface area (Å²) in [6, 6.07) is 7.11. The molecule has 0 spiro atoms. The minimum Gasteiger partial charge on any atom is -0.463 e. The first-order chi connectivity index (χ1) is 17.7. The van der Waals surface area contributed by atoms with E-state index in [1.807, 2.05) is 0 Å². The lowest BCUT2D eigenvalue weighted by Crippen LogP contribution is -2.56. The van der Waals surface area contributed by atoms with Crippen LogP contribution in [-0.4, -0.2) is 61.3 Å². The Morgan fingerprint density at radius 3 is 1.87 bits per heavy atom. The van der Waals surface area contributed by atoms with E-state index in [9.17, 15) is 41.4 Å². The summed E-state index contributed by atoms with van der Waals surface area (Å²) < 4.78 is 92.9. The molecule has 38 heavy (non-hydrogen) atoms. The van der Waals surface area contributed by atoms with Gasteiger partial charge in [-0.15, -0.1) is 0 Å². The Bertz CT molecular complexity index is 1400. The van der Waals surface area contributed by atoms with Crippen LogP contribution in [0.2, 0.25) is 0 Å². The van der Waals surface area contributed by atoms with Crippen molar-refractivity contribution < 1.29 is 50.2 Å². The molecule has 0 aromatic carbocycles. The molecule has 0 radical (unpaired) electrons. The summed E-state index contributed by atoms with van der Waals surface area (Å²) in [6.07, 6.45) is -9.64. The predicted octanol–water partition coefficient (Wildman–Crippen LogP) is 3.63. The molecule has 200 valence electrons. The van der Waals surface area contributed by atoms with Crippen LogP contribution in [0.1, 0.15) is 34.7 Å². The van der Waals surface area contributed by atoms with Crippen LogP contribution >= 0.6 is 0 Å². The molecule has 5 heterocycles. The van der Waals surface area contributed by atoms with Crippen molar-refractivity contribution in [3.63, 3.8) is 0 Å². The van der Waals surface area contributed by atoms with Crippen molar-refractivity contribution in [2.75, 3.05) is 5.01 Å². The monoisotopic (exact) mass is 543 g/mol. The number of carbonyl (C=O) groups excluding carboxylic acids is 1. The second kappa shape index (κ2) is 8.42. The van der Waals surface area contributed by atoms with E-state index in [1.54, 1.807) is 0 Å². The molecular formula is C22H15F6N5O5. The highest BCUT2D eigenvalue weighted by atomic mass is 19.4. The zero-order valence-electron chi connectivity index (χ0n) is 18.7. The highest BCUT2D eigenvalue weighted by Crippen LogP contribution is 2.44. The molecule has 2 unspecified atom stereocenters. The van der Waals surface area contributed by atoms with Gasteiger partial charge in [0.15, 0.2) is 5.82 Å². The summed E-state index contributed by atoms with van der Waals surface area (Å²) in [5.41, 5.74) is -8.41. The van der Waals surface area contributed by atoms with Crippen molar-refractivity contribution >= 4 is 23.1 Å². The highest BCUT2D eigenvalue weighted by Gasteiger charge is 2.64. The number of aliphatic hydroxyl groups is 2. The Morgan fingerprint density at radius 2 is 1.39 bits per heavy atom. The van der Waals surface area contributed by atoms with Gasteiger partial charge in [-0.05, 0) is 36.4 Å². The first-order valence-corrected chi connectivity index (χ1v) is 10.7. The number of furan rings is 2. The van der Waals surface area contributed by atoms with E-state index in [4.69, 9.17) is 8.83 Å². The number of pyridine rings is 1. The molecule has 3 aromatic rings. The molecule has 16 heteroatoms. The normalized spacial score (nSPS) is 24.1.